The van der Waals surface area contributed by atoms with Crippen LogP contribution in [0.25, 0.3) is 0 Å². The first kappa shape index (κ1) is 23.8. The highest BCUT2D eigenvalue weighted by Crippen LogP contribution is 2.24. The lowest BCUT2D eigenvalue weighted by atomic mass is 10.0. The first-order valence-corrected chi connectivity index (χ1v) is 11.8. The number of aryl methyl sites for hydroxylation is 1. The molecule has 2 aliphatic rings. The van der Waals surface area contributed by atoms with Gasteiger partial charge in [-0.05, 0) is 80.3 Å². The number of hydrogen-bond donors (Lipinski definition) is 2. The molecule has 2 heterocycles. The van der Waals surface area contributed by atoms with E-state index in [0.717, 1.165) is 48.7 Å². The highest BCUT2D eigenvalue weighted by atomic mass is 16.5. The van der Waals surface area contributed by atoms with Crippen LogP contribution < -0.4 is 25.0 Å². The molecule has 0 aliphatic carbocycles. The molecule has 2 atom stereocenters. The topological polar surface area (TPSA) is 75.2 Å². The Balaban J connectivity index is 1.31. The molecule has 2 aliphatic heterocycles. The van der Waals surface area contributed by atoms with Crippen LogP contribution in [0.15, 0.2) is 59.1 Å². The van der Waals surface area contributed by atoms with Crippen molar-refractivity contribution in [2.24, 2.45) is 4.99 Å². The number of methoxy groups -OCH3 is 2. The molecule has 180 valence electrons. The number of ether oxygens (including phenoxy) is 2. The molecule has 4 rings (SSSR count). The lowest BCUT2D eigenvalue weighted by molar-refractivity contribution is 0.0977. The predicted molar refractivity (Wildman–Crippen MR) is 136 cm³/mol. The maximum atomic E-state index is 12.7. The van der Waals surface area contributed by atoms with Gasteiger partial charge < -0.3 is 25.0 Å². The fraction of sp³-hybridized carbons (Fsp3) is 0.407. The van der Waals surface area contributed by atoms with E-state index in [1.807, 2.05) is 48.5 Å². The summed E-state index contributed by atoms with van der Waals surface area (Å²) in [4.78, 5) is 19.6. The first-order chi connectivity index (χ1) is 16.4. The predicted octanol–water partition coefficient (Wildman–Crippen LogP) is 3.59. The maximum Gasteiger partial charge on any atom is 0.256 e. The molecule has 7 nitrogen and oxygen atoms in total. The van der Waals surface area contributed by atoms with Gasteiger partial charge in [-0.1, -0.05) is 0 Å². The van der Waals surface area contributed by atoms with E-state index in [9.17, 15) is 4.79 Å². The van der Waals surface area contributed by atoms with E-state index < -0.39 is 0 Å². The summed E-state index contributed by atoms with van der Waals surface area (Å²) in [5.74, 6) is 2.05. The first-order valence-electron chi connectivity index (χ1n) is 11.8. The second kappa shape index (κ2) is 10.7. The molecule has 0 unspecified atom stereocenters. The summed E-state index contributed by atoms with van der Waals surface area (Å²) in [7, 11) is 3.31. The fourth-order valence-electron chi connectivity index (χ4n) is 4.56. The van der Waals surface area contributed by atoms with Gasteiger partial charge in [0.2, 0.25) is 0 Å². The summed E-state index contributed by atoms with van der Waals surface area (Å²) in [6, 6.07) is 14.6. The van der Waals surface area contributed by atoms with Crippen LogP contribution in [0.4, 0.5) is 5.69 Å². The Kier molecular flexibility index (Phi) is 7.53. The van der Waals surface area contributed by atoms with E-state index in [1.54, 1.807) is 14.2 Å². The Bertz CT molecular complexity index is 1050. The summed E-state index contributed by atoms with van der Waals surface area (Å²) in [5, 5.41) is 6.49. The smallest absolute Gasteiger partial charge is 0.256 e. The van der Waals surface area contributed by atoms with Crippen molar-refractivity contribution in [3.8, 4) is 11.5 Å². The summed E-state index contributed by atoms with van der Waals surface area (Å²) in [6.07, 6.45) is 3.68. The molecule has 7 heteroatoms. The number of nitrogens with zero attached hydrogens (tertiary/aromatic N) is 2. The molecule has 0 bridgehead atoms. The van der Waals surface area contributed by atoms with Gasteiger partial charge in [0.1, 0.15) is 17.3 Å². The van der Waals surface area contributed by atoms with Gasteiger partial charge in [0, 0.05) is 42.5 Å². The molecule has 1 saturated heterocycles. The summed E-state index contributed by atoms with van der Waals surface area (Å²) in [5.41, 5.74) is 4.11. The van der Waals surface area contributed by atoms with Crippen LogP contribution in [0.5, 0.6) is 11.5 Å². The zero-order valence-corrected chi connectivity index (χ0v) is 20.4. The van der Waals surface area contributed by atoms with E-state index >= 15 is 0 Å². The normalized spacial score (nSPS) is 19.9. The summed E-state index contributed by atoms with van der Waals surface area (Å²) >= 11 is 0. The molecular weight excluding hydrogens is 428 g/mol. The third-order valence-electron chi connectivity index (χ3n) is 6.23. The van der Waals surface area contributed by atoms with Crippen LogP contribution in [0.1, 0.15) is 36.2 Å². The number of carbonyl (C=O) groups excluding carboxylic acids is 1. The van der Waals surface area contributed by atoms with Crippen molar-refractivity contribution >= 4 is 17.4 Å². The van der Waals surface area contributed by atoms with E-state index in [2.05, 4.69) is 34.4 Å². The minimum atomic E-state index is -0.137. The Morgan fingerprint density at radius 1 is 1.03 bits per heavy atom. The molecule has 34 heavy (non-hydrogen) atoms. The van der Waals surface area contributed by atoms with Gasteiger partial charge in [0.15, 0.2) is 0 Å². The summed E-state index contributed by atoms with van der Waals surface area (Å²) < 4.78 is 10.7. The number of piperazine rings is 1. The average molecular weight is 463 g/mol. The van der Waals surface area contributed by atoms with Gasteiger partial charge in [-0.25, -0.2) is 0 Å². The molecular formula is C27H34N4O3. The minimum absolute atomic E-state index is 0.137. The molecule has 1 fully saturated rings. The van der Waals surface area contributed by atoms with E-state index in [4.69, 9.17) is 9.47 Å². The SMILES string of the molecule is COc1cc(CCC2=CC(NC(=O)c3ccc(N4C[C@@H](C)N[C@@H](C)C4)cc3)=NC2)cc(OC)c1. The van der Waals surface area contributed by atoms with Crippen LogP contribution in [0.3, 0.4) is 0 Å². The van der Waals surface area contributed by atoms with Gasteiger partial charge in [0.05, 0.1) is 20.8 Å². The quantitative estimate of drug-likeness (QED) is 0.658. The van der Waals surface area contributed by atoms with Gasteiger partial charge in [0.25, 0.3) is 5.91 Å². The largest absolute Gasteiger partial charge is 0.497 e. The van der Waals surface area contributed by atoms with Crippen molar-refractivity contribution in [1.29, 1.82) is 0 Å². The standard InChI is InChI=1S/C27H34N4O3/c1-18-16-31(17-19(2)29-18)23-9-7-22(8-10-23)27(32)30-26-13-21(15-28-26)6-5-20-11-24(33-3)14-25(12-20)34-4/h7-14,18-19,29H,5-6,15-17H2,1-4H3,(H,28,30,32)/t18-,19+. The molecule has 1 amide bonds. The number of aliphatic imine (C=N–C) groups is 1. The van der Waals surface area contributed by atoms with Crippen molar-refractivity contribution in [3.05, 3.63) is 65.2 Å². The Morgan fingerprint density at radius 2 is 1.68 bits per heavy atom. The van der Waals surface area contributed by atoms with E-state index in [0.29, 0.717) is 30.0 Å². The second-order valence-corrected chi connectivity index (χ2v) is 9.10. The van der Waals surface area contributed by atoms with Gasteiger partial charge in [-0.2, -0.15) is 0 Å². The lowest BCUT2D eigenvalue weighted by Crippen LogP contribution is -2.54. The second-order valence-electron chi connectivity index (χ2n) is 9.10. The number of amidine groups is 1. The van der Waals surface area contributed by atoms with Crippen LogP contribution in [-0.4, -0.2) is 57.7 Å². The monoisotopic (exact) mass is 462 g/mol. The molecule has 0 radical (unpaired) electrons. The van der Waals surface area contributed by atoms with Crippen LogP contribution in [0.2, 0.25) is 0 Å². The van der Waals surface area contributed by atoms with Crippen LogP contribution in [0, 0.1) is 0 Å². The molecule has 0 saturated carbocycles. The van der Waals surface area contributed by atoms with Gasteiger partial charge in [-0.15, -0.1) is 0 Å². The molecule has 2 N–H and O–H groups in total. The number of hydrogen-bond acceptors (Lipinski definition) is 6. The molecule has 2 aromatic carbocycles. The van der Waals surface area contributed by atoms with Gasteiger partial charge in [-0.3, -0.25) is 9.79 Å². The average Bonchev–Trinajstić information content (AvgIpc) is 3.29. The Hall–Kier alpha value is -3.32. The lowest BCUT2D eigenvalue weighted by Gasteiger charge is -2.37. The zero-order valence-electron chi connectivity index (χ0n) is 20.4. The maximum absolute atomic E-state index is 12.7. The number of benzene rings is 2. The Morgan fingerprint density at radius 3 is 2.29 bits per heavy atom. The molecule has 2 aromatic rings. The number of nitrogens with one attached hydrogen (secondary N) is 2. The number of rotatable bonds is 7. The fourth-order valence-corrected chi connectivity index (χ4v) is 4.56. The van der Waals surface area contributed by atoms with Crippen molar-refractivity contribution in [2.45, 2.75) is 38.8 Å². The number of amides is 1. The highest BCUT2D eigenvalue weighted by Gasteiger charge is 2.21. The van der Waals surface area contributed by atoms with Crippen molar-refractivity contribution in [2.75, 3.05) is 38.8 Å². The van der Waals surface area contributed by atoms with Crippen molar-refractivity contribution < 1.29 is 14.3 Å². The van der Waals surface area contributed by atoms with E-state index in [-0.39, 0.29) is 5.91 Å². The van der Waals surface area contributed by atoms with Crippen LogP contribution >= 0.6 is 0 Å². The molecule has 0 spiro atoms. The van der Waals surface area contributed by atoms with E-state index in [1.165, 1.54) is 5.57 Å². The van der Waals surface area contributed by atoms with Crippen molar-refractivity contribution in [3.63, 3.8) is 0 Å². The highest BCUT2D eigenvalue weighted by molar-refractivity contribution is 6.11. The van der Waals surface area contributed by atoms with Crippen molar-refractivity contribution in [1.82, 2.24) is 10.6 Å². The third-order valence-corrected chi connectivity index (χ3v) is 6.23. The minimum Gasteiger partial charge on any atom is -0.497 e. The number of carbonyl (C=O) groups is 1. The third kappa shape index (κ3) is 5.97. The molecule has 0 aromatic heterocycles. The van der Waals surface area contributed by atoms with Crippen LogP contribution in [-0.2, 0) is 6.42 Å². The Labute approximate surface area is 201 Å². The summed E-state index contributed by atoms with van der Waals surface area (Å²) in [6.45, 7) is 6.92. The number of anilines is 1. The van der Waals surface area contributed by atoms with Gasteiger partial charge >= 0.3 is 0 Å². The zero-order chi connectivity index (χ0) is 24.1.